The summed E-state index contributed by atoms with van der Waals surface area (Å²) >= 11 is 0. The van der Waals surface area contributed by atoms with Crippen molar-refractivity contribution in [2.45, 2.75) is 38.4 Å². The molecule has 4 aromatic rings. The summed E-state index contributed by atoms with van der Waals surface area (Å²) in [5.74, 6) is 0.0489. The Bertz CT molecular complexity index is 1880. The van der Waals surface area contributed by atoms with E-state index in [1.54, 1.807) is 42.2 Å². The molecule has 0 bridgehead atoms. The average Bonchev–Trinajstić information content (AvgIpc) is 3.61. The number of likely N-dealkylation sites (tertiary alicyclic amines) is 1. The number of piperidine rings is 1. The molecule has 0 radical (unpaired) electrons. The van der Waals surface area contributed by atoms with E-state index in [-0.39, 0.29) is 29.0 Å². The van der Waals surface area contributed by atoms with E-state index in [1.165, 1.54) is 23.0 Å². The van der Waals surface area contributed by atoms with E-state index < -0.39 is 23.5 Å². The Morgan fingerprint density at radius 2 is 1.72 bits per heavy atom. The molecule has 0 spiro atoms. The molecule has 1 saturated heterocycles. The van der Waals surface area contributed by atoms with Gasteiger partial charge in [0.05, 0.1) is 75.2 Å². The zero-order valence-corrected chi connectivity index (χ0v) is 26.6. The van der Waals surface area contributed by atoms with Crippen LogP contribution in [0.15, 0.2) is 65.6 Å². The van der Waals surface area contributed by atoms with Gasteiger partial charge in [0.2, 0.25) is 5.91 Å². The van der Waals surface area contributed by atoms with Gasteiger partial charge < -0.3 is 14.7 Å². The van der Waals surface area contributed by atoms with Crippen LogP contribution in [0.5, 0.6) is 0 Å². The molecule has 1 aliphatic heterocycles. The zero-order valence-electron chi connectivity index (χ0n) is 26.6. The highest BCUT2D eigenvalue weighted by Crippen LogP contribution is 2.32. The molecule has 11 nitrogen and oxygen atoms in total. The van der Waals surface area contributed by atoms with Crippen LogP contribution in [0.1, 0.15) is 30.5 Å². The number of halogens is 3. The molecular formula is C33H36F3N8O3+. The number of hydrogen-bond acceptors (Lipinski definition) is 4. The summed E-state index contributed by atoms with van der Waals surface area (Å²) in [6.07, 6.45) is -1.79. The van der Waals surface area contributed by atoms with Gasteiger partial charge in [0.25, 0.3) is 0 Å². The van der Waals surface area contributed by atoms with E-state index >= 15 is 0 Å². The topological polar surface area (TPSA) is 98.5 Å². The lowest BCUT2D eigenvalue weighted by Crippen LogP contribution is -2.49. The van der Waals surface area contributed by atoms with Crippen molar-refractivity contribution in [2.24, 2.45) is 0 Å². The number of quaternary nitrogens is 1. The smallest absolute Gasteiger partial charge is 0.342 e. The highest BCUT2D eigenvalue weighted by atomic mass is 19.4. The summed E-state index contributed by atoms with van der Waals surface area (Å²) in [5, 5.41) is 7.31. The van der Waals surface area contributed by atoms with Crippen LogP contribution in [-0.2, 0) is 11.0 Å². The van der Waals surface area contributed by atoms with Crippen LogP contribution in [0, 0.1) is 13.5 Å². The third kappa shape index (κ3) is 7.15. The van der Waals surface area contributed by atoms with Gasteiger partial charge in [0.1, 0.15) is 5.69 Å². The maximum absolute atomic E-state index is 14.0. The predicted octanol–water partition coefficient (Wildman–Crippen LogP) is 5.01. The van der Waals surface area contributed by atoms with E-state index in [9.17, 15) is 27.6 Å². The second kappa shape index (κ2) is 12.9. The molecule has 3 heterocycles. The first-order valence-electron chi connectivity index (χ1n) is 15.1. The minimum absolute atomic E-state index is 0.0489. The molecule has 1 aliphatic rings. The van der Waals surface area contributed by atoms with E-state index in [1.807, 2.05) is 21.1 Å². The summed E-state index contributed by atoms with van der Waals surface area (Å²) in [6.45, 7) is 10.4. The maximum Gasteiger partial charge on any atom is 0.416 e. The van der Waals surface area contributed by atoms with Crippen LogP contribution >= 0.6 is 0 Å². The van der Waals surface area contributed by atoms with Crippen LogP contribution in [0.3, 0.4) is 0 Å². The first-order valence-corrected chi connectivity index (χ1v) is 15.1. The monoisotopic (exact) mass is 649 g/mol. The Hall–Kier alpha value is -5.16. The Labute approximate surface area is 269 Å². The van der Waals surface area contributed by atoms with Crippen molar-refractivity contribution in [3.8, 4) is 22.8 Å². The average molecular weight is 650 g/mol. The molecule has 1 fully saturated rings. The highest BCUT2D eigenvalue weighted by Gasteiger charge is 2.33. The van der Waals surface area contributed by atoms with Gasteiger partial charge in [-0.2, -0.15) is 18.3 Å². The third-order valence-corrected chi connectivity index (χ3v) is 8.20. The lowest BCUT2D eigenvalue weighted by atomic mass is 10.0. The summed E-state index contributed by atoms with van der Waals surface area (Å²) in [6, 6.07) is 11.4. The number of nitrogens with zero attached hydrogens (tertiary/aromatic N) is 7. The summed E-state index contributed by atoms with van der Waals surface area (Å²) in [7, 11) is 6.06. The van der Waals surface area contributed by atoms with Gasteiger partial charge in [-0.1, -0.05) is 18.2 Å². The molecule has 0 unspecified atom stereocenters. The fourth-order valence-electron chi connectivity index (χ4n) is 5.68. The van der Waals surface area contributed by atoms with E-state index in [0.717, 1.165) is 21.3 Å². The third-order valence-electron chi connectivity index (χ3n) is 8.20. The van der Waals surface area contributed by atoms with Gasteiger partial charge in [0, 0.05) is 19.1 Å². The van der Waals surface area contributed by atoms with Crippen molar-refractivity contribution in [2.75, 3.05) is 40.8 Å². The number of carbonyl (C=O) groups excluding carboxylic acids is 2. The van der Waals surface area contributed by atoms with Gasteiger partial charge in [-0.25, -0.2) is 23.7 Å². The van der Waals surface area contributed by atoms with Crippen molar-refractivity contribution >= 4 is 17.6 Å². The van der Waals surface area contributed by atoms with Crippen molar-refractivity contribution in [3.63, 3.8) is 0 Å². The van der Waals surface area contributed by atoms with Gasteiger partial charge in [-0.15, -0.1) is 0 Å². The Kier molecular flexibility index (Phi) is 9.13. The van der Waals surface area contributed by atoms with Gasteiger partial charge in [0.15, 0.2) is 5.69 Å². The molecule has 2 aromatic carbocycles. The molecule has 5 rings (SSSR count). The molecule has 2 amide bonds. The van der Waals surface area contributed by atoms with Gasteiger partial charge in [-0.05, 0) is 56.2 Å². The number of amides is 2. The van der Waals surface area contributed by atoms with Crippen LogP contribution in [0.4, 0.5) is 23.7 Å². The Morgan fingerprint density at radius 3 is 2.34 bits per heavy atom. The van der Waals surface area contributed by atoms with E-state index in [2.05, 4.69) is 15.3 Å². The van der Waals surface area contributed by atoms with Crippen molar-refractivity contribution in [3.05, 3.63) is 94.0 Å². The number of benzene rings is 2. The number of carbonyl (C=O) groups is 2. The molecule has 14 heteroatoms. The number of alkyl halides is 3. The first kappa shape index (κ1) is 33.2. The lowest BCUT2D eigenvalue weighted by Gasteiger charge is -2.33. The van der Waals surface area contributed by atoms with Gasteiger partial charge >= 0.3 is 17.9 Å². The number of nitrogens with one attached hydrogen (secondary N) is 1. The number of aromatic nitrogens is 4. The molecule has 47 heavy (non-hydrogen) atoms. The molecule has 0 atom stereocenters. The second-order valence-electron chi connectivity index (χ2n) is 12.6. The van der Waals surface area contributed by atoms with Crippen LogP contribution in [0.25, 0.3) is 27.6 Å². The maximum atomic E-state index is 14.0. The molecule has 0 aliphatic carbocycles. The highest BCUT2D eigenvalue weighted by molar-refractivity contribution is 5.83. The quantitative estimate of drug-likeness (QED) is 0.225. The Morgan fingerprint density at radius 1 is 1.04 bits per heavy atom. The molecule has 0 saturated carbocycles. The van der Waals surface area contributed by atoms with E-state index in [0.29, 0.717) is 60.4 Å². The largest absolute Gasteiger partial charge is 0.416 e. The van der Waals surface area contributed by atoms with Crippen LogP contribution in [0.2, 0.25) is 0 Å². The molecular weight excluding hydrogens is 613 g/mol. The molecule has 246 valence electrons. The van der Waals surface area contributed by atoms with E-state index in [4.69, 9.17) is 6.57 Å². The lowest BCUT2D eigenvalue weighted by molar-refractivity contribution is -0.869. The Balaban J connectivity index is 1.51. The molecule has 1 N–H and O–H groups in total. The van der Waals surface area contributed by atoms with Crippen molar-refractivity contribution in [1.29, 1.82) is 0 Å². The standard InChI is InChI=1S/C33H35F3N8O3/c1-22-30(28-13-17-38-43(28)26-11-9-24(37-2)10-12-26)42(32(47)41(22)27-8-6-7-23(21-27)33(34,35)36)31(46)39-25-14-18-40(19-15-25)29(45)16-20-44(3,4)5/h6-13,17,21,25H,14-16,18-20H2,1,3-5H3/p+1. The first-order chi connectivity index (χ1) is 22.2. The minimum atomic E-state index is -4.64. The zero-order chi connectivity index (χ0) is 34.1. The normalized spacial score (nSPS) is 14.2. The number of hydrogen-bond donors (Lipinski definition) is 1. The summed E-state index contributed by atoms with van der Waals surface area (Å²) in [5.41, 5.74) is -0.175. The van der Waals surface area contributed by atoms with Gasteiger partial charge in [-0.3, -0.25) is 9.36 Å². The van der Waals surface area contributed by atoms with Crippen LogP contribution < -0.4 is 11.0 Å². The SMILES string of the molecule is [C-]#[N+]c1ccc(-n2nccc2-c2c(C)n(-c3cccc(C(F)(F)F)c3)c(=O)n2C(=O)NC2CCN(C(=O)CC[N+](C)(C)C)CC2)cc1. The molecule has 2 aromatic heterocycles. The summed E-state index contributed by atoms with van der Waals surface area (Å²) in [4.78, 5) is 45.9. The second-order valence-corrected chi connectivity index (χ2v) is 12.6. The van der Waals surface area contributed by atoms with Crippen LogP contribution in [-0.4, -0.2) is 87.1 Å². The predicted molar refractivity (Wildman–Crippen MR) is 170 cm³/mol. The van der Waals surface area contributed by atoms with Crippen molar-refractivity contribution < 1.29 is 27.2 Å². The fourth-order valence-corrected chi connectivity index (χ4v) is 5.68. The summed E-state index contributed by atoms with van der Waals surface area (Å²) < 4.78 is 45.1. The minimum Gasteiger partial charge on any atom is -0.342 e. The number of rotatable bonds is 7. The fraction of sp³-hybridized carbons (Fsp3) is 0.364. The number of imidazole rings is 1. The van der Waals surface area contributed by atoms with Crippen molar-refractivity contribution in [1.82, 2.24) is 29.1 Å².